The molecule has 0 aromatic rings. The number of hydrogen-bond acceptors (Lipinski definition) is 0. The van der Waals surface area contributed by atoms with Crippen LogP contribution in [0.5, 0.6) is 0 Å². The van der Waals surface area contributed by atoms with Crippen LogP contribution in [0.4, 0.5) is 0 Å². The molecule has 48 valence electrons. The van der Waals surface area contributed by atoms with Gasteiger partial charge in [-0.15, -0.1) is 11.6 Å². The molecule has 2 atom stereocenters. The Morgan fingerprint density at radius 1 is 1.25 bits per heavy atom. The van der Waals surface area contributed by atoms with Crippen LogP contribution in [0.15, 0.2) is 0 Å². The summed E-state index contributed by atoms with van der Waals surface area (Å²) in [7, 11) is 0. The number of alkyl halides is 2. The second-order valence-corrected chi connectivity index (χ2v) is 4.48. The molecule has 0 aromatic carbocycles. The Hall–Kier alpha value is 1.02. The van der Waals surface area contributed by atoms with E-state index in [2.05, 4.69) is 22.6 Å². The van der Waals surface area contributed by atoms with Gasteiger partial charge >= 0.3 is 0 Å². The fourth-order valence-corrected chi connectivity index (χ4v) is 2.12. The minimum atomic E-state index is 0.462. The van der Waals surface area contributed by atoms with Gasteiger partial charge in [-0.3, -0.25) is 0 Å². The highest BCUT2D eigenvalue weighted by Gasteiger charge is 2.19. The summed E-state index contributed by atoms with van der Waals surface area (Å²) in [5.41, 5.74) is 0. The summed E-state index contributed by atoms with van der Waals surface area (Å²) in [5, 5.41) is 0.462. The molecule has 1 aliphatic rings. The quantitative estimate of drug-likeness (QED) is 0.454. The normalized spacial score (nSPS) is 39.8. The van der Waals surface area contributed by atoms with Crippen molar-refractivity contribution in [3.05, 3.63) is 0 Å². The molecule has 1 rings (SSSR count). The first-order valence-corrected chi connectivity index (χ1v) is 4.77. The zero-order valence-electron chi connectivity index (χ0n) is 4.74. The van der Waals surface area contributed by atoms with Crippen molar-refractivity contribution in [1.82, 2.24) is 0 Å². The maximum absolute atomic E-state index is 5.96. The zero-order valence-corrected chi connectivity index (χ0v) is 7.65. The first-order chi connectivity index (χ1) is 3.80. The Balaban J connectivity index is 2.28. The van der Waals surface area contributed by atoms with Crippen LogP contribution in [0.2, 0.25) is 0 Å². The van der Waals surface area contributed by atoms with E-state index in [0.29, 0.717) is 5.38 Å². The molecule has 0 radical (unpaired) electrons. The third-order valence-electron chi connectivity index (χ3n) is 1.60. The molecule has 0 amide bonds. The fraction of sp³-hybridized carbons (Fsp3) is 1.00. The lowest BCUT2D eigenvalue weighted by Crippen LogP contribution is -2.18. The topological polar surface area (TPSA) is 0 Å². The van der Waals surface area contributed by atoms with Crippen LogP contribution in [0, 0.1) is 0 Å². The molecular formula is C6H10ClI. The first kappa shape index (κ1) is 7.13. The third-order valence-corrected chi connectivity index (χ3v) is 4.04. The summed E-state index contributed by atoms with van der Waals surface area (Å²) in [4.78, 5) is 0. The summed E-state index contributed by atoms with van der Waals surface area (Å²) >= 11 is 8.41. The molecule has 0 unspecified atom stereocenters. The van der Waals surface area contributed by atoms with Gasteiger partial charge in [0, 0.05) is 9.30 Å². The highest BCUT2D eigenvalue weighted by Crippen LogP contribution is 2.28. The van der Waals surface area contributed by atoms with E-state index < -0.39 is 0 Å². The van der Waals surface area contributed by atoms with Gasteiger partial charge in [0.1, 0.15) is 0 Å². The van der Waals surface area contributed by atoms with E-state index in [-0.39, 0.29) is 0 Å². The smallest absolute Gasteiger partial charge is 0.0453 e. The van der Waals surface area contributed by atoms with Crippen LogP contribution < -0.4 is 0 Å². The number of halogens is 2. The van der Waals surface area contributed by atoms with Crippen molar-refractivity contribution in [3.8, 4) is 0 Å². The minimum absolute atomic E-state index is 0.462. The molecule has 1 saturated carbocycles. The molecule has 8 heavy (non-hydrogen) atoms. The lowest BCUT2D eigenvalue weighted by Gasteiger charge is -2.21. The van der Waals surface area contributed by atoms with Gasteiger partial charge in [0.25, 0.3) is 0 Å². The van der Waals surface area contributed by atoms with Gasteiger partial charge in [-0.2, -0.15) is 0 Å². The van der Waals surface area contributed by atoms with Gasteiger partial charge in [-0.1, -0.05) is 35.4 Å². The average Bonchev–Trinajstić information content (AvgIpc) is 1.77. The van der Waals surface area contributed by atoms with Gasteiger partial charge in [0.05, 0.1) is 0 Å². The molecule has 0 spiro atoms. The second-order valence-electron chi connectivity index (χ2n) is 2.32. The maximum atomic E-state index is 5.96. The van der Waals surface area contributed by atoms with Crippen LogP contribution in [0.1, 0.15) is 25.7 Å². The highest BCUT2D eigenvalue weighted by atomic mass is 127. The van der Waals surface area contributed by atoms with Crippen molar-refractivity contribution in [2.45, 2.75) is 35.0 Å². The van der Waals surface area contributed by atoms with E-state index in [4.69, 9.17) is 11.6 Å². The van der Waals surface area contributed by atoms with Gasteiger partial charge in [0.2, 0.25) is 0 Å². The van der Waals surface area contributed by atoms with Gasteiger partial charge < -0.3 is 0 Å². The Morgan fingerprint density at radius 3 is 2.25 bits per heavy atom. The average molecular weight is 245 g/mol. The standard InChI is InChI=1S/C6H10ClI/c7-5-3-1-2-4-6(5)8/h5-6H,1-4H2/t5-,6-/m0/s1. The summed E-state index contributed by atoms with van der Waals surface area (Å²) < 4.78 is 0.739. The maximum Gasteiger partial charge on any atom is 0.0453 e. The molecule has 1 fully saturated rings. The van der Waals surface area contributed by atoms with Gasteiger partial charge in [-0.25, -0.2) is 0 Å². The minimum Gasteiger partial charge on any atom is -0.122 e. The largest absolute Gasteiger partial charge is 0.122 e. The van der Waals surface area contributed by atoms with Gasteiger partial charge in [0.15, 0.2) is 0 Å². The fourth-order valence-electron chi connectivity index (χ4n) is 1.04. The highest BCUT2D eigenvalue weighted by molar-refractivity contribution is 14.1. The van der Waals surface area contributed by atoms with E-state index >= 15 is 0 Å². The van der Waals surface area contributed by atoms with E-state index in [9.17, 15) is 0 Å². The number of hydrogen-bond donors (Lipinski definition) is 0. The summed E-state index contributed by atoms with van der Waals surface area (Å²) in [6.45, 7) is 0. The molecule has 0 heterocycles. The molecule has 0 aromatic heterocycles. The Morgan fingerprint density at radius 2 is 1.88 bits per heavy atom. The Labute approximate surface area is 69.1 Å². The molecule has 0 bridgehead atoms. The van der Waals surface area contributed by atoms with Crippen LogP contribution in [0.25, 0.3) is 0 Å². The van der Waals surface area contributed by atoms with Crippen LogP contribution in [0.3, 0.4) is 0 Å². The van der Waals surface area contributed by atoms with E-state index in [1.807, 2.05) is 0 Å². The molecule has 0 nitrogen and oxygen atoms in total. The molecule has 2 heteroatoms. The predicted octanol–water partition coefficient (Wildman–Crippen LogP) is 2.97. The Bertz CT molecular complexity index is 64.9. The summed E-state index contributed by atoms with van der Waals surface area (Å²) in [6, 6.07) is 0. The second kappa shape index (κ2) is 3.25. The molecule has 0 saturated heterocycles. The third kappa shape index (κ3) is 1.76. The molecule has 0 N–H and O–H groups in total. The van der Waals surface area contributed by atoms with Crippen molar-refractivity contribution in [3.63, 3.8) is 0 Å². The van der Waals surface area contributed by atoms with Crippen LogP contribution in [-0.4, -0.2) is 9.30 Å². The van der Waals surface area contributed by atoms with Crippen LogP contribution >= 0.6 is 34.2 Å². The number of rotatable bonds is 0. The first-order valence-electron chi connectivity index (χ1n) is 3.09. The lowest BCUT2D eigenvalue weighted by atomic mass is 10.0. The van der Waals surface area contributed by atoms with E-state index in [1.54, 1.807) is 0 Å². The van der Waals surface area contributed by atoms with Crippen molar-refractivity contribution in [1.29, 1.82) is 0 Å². The molecule has 1 aliphatic carbocycles. The van der Waals surface area contributed by atoms with Crippen molar-refractivity contribution < 1.29 is 0 Å². The Kier molecular flexibility index (Phi) is 2.90. The van der Waals surface area contributed by atoms with Gasteiger partial charge in [-0.05, 0) is 12.8 Å². The van der Waals surface area contributed by atoms with E-state index in [0.717, 1.165) is 3.92 Å². The summed E-state index contributed by atoms with van der Waals surface area (Å²) in [5.74, 6) is 0. The van der Waals surface area contributed by atoms with Crippen LogP contribution in [-0.2, 0) is 0 Å². The summed E-state index contributed by atoms with van der Waals surface area (Å²) in [6.07, 6.45) is 5.29. The van der Waals surface area contributed by atoms with Crippen molar-refractivity contribution in [2.75, 3.05) is 0 Å². The van der Waals surface area contributed by atoms with Crippen molar-refractivity contribution >= 4 is 34.2 Å². The van der Waals surface area contributed by atoms with Crippen molar-refractivity contribution in [2.24, 2.45) is 0 Å². The molecular weight excluding hydrogens is 234 g/mol. The predicted molar refractivity (Wildman–Crippen MR) is 45.9 cm³/mol. The monoisotopic (exact) mass is 244 g/mol. The lowest BCUT2D eigenvalue weighted by molar-refractivity contribution is 0.534. The zero-order chi connectivity index (χ0) is 5.98. The van der Waals surface area contributed by atoms with E-state index in [1.165, 1.54) is 25.7 Å². The molecule has 0 aliphatic heterocycles. The SMILES string of the molecule is Cl[C@H]1CCCC[C@@H]1I.